The third-order valence-corrected chi connectivity index (χ3v) is 2.60. The summed E-state index contributed by atoms with van der Waals surface area (Å²) in [6.45, 7) is 4.43. The van der Waals surface area contributed by atoms with Crippen LogP contribution < -0.4 is 5.73 Å². The van der Waals surface area contributed by atoms with Crippen molar-refractivity contribution in [2.24, 2.45) is 5.73 Å². The maximum atomic E-state index is 5.21. The molecule has 0 aromatic heterocycles. The molecule has 0 saturated heterocycles. The molecule has 43 valence electrons. The first-order chi connectivity index (χ1) is 3.41. The van der Waals surface area contributed by atoms with Gasteiger partial charge in [0.05, 0.1) is 0 Å². The molecular weight excluding hydrogens is 126 g/mol. The molecule has 0 saturated carbocycles. The van der Waals surface area contributed by atoms with E-state index in [2.05, 4.69) is 6.92 Å². The van der Waals surface area contributed by atoms with E-state index in [1.165, 1.54) is 0 Å². The van der Waals surface area contributed by atoms with Gasteiger partial charge in [0.15, 0.2) is 0 Å². The second-order valence-electron chi connectivity index (χ2n) is 0.933. The van der Waals surface area contributed by atoms with Crippen molar-refractivity contribution >= 4 is 21.6 Å². The summed E-state index contributed by atoms with van der Waals surface area (Å²) in [4.78, 5) is 0. The van der Waals surface area contributed by atoms with E-state index < -0.39 is 0 Å². The highest BCUT2D eigenvalue weighted by molar-refractivity contribution is 8.76. The van der Waals surface area contributed by atoms with Gasteiger partial charge in [-0.3, -0.25) is 0 Å². The topological polar surface area (TPSA) is 26.0 Å². The van der Waals surface area contributed by atoms with Gasteiger partial charge in [0.2, 0.25) is 0 Å². The minimum Gasteiger partial charge on any atom is -0.330 e. The molecule has 0 aliphatic heterocycles. The van der Waals surface area contributed by atoms with Gasteiger partial charge in [-0.05, 0) is 6.92 Å². The van der Waals surface area contributed by atoms with E-state index in [0.29, 0.717) is 0 Å². The Bertz CT molecular complexity index is 28.9. The third-order valence-electron chi connectivity index (χ3n) is 0.368. The molecule has 0 rings (SSSR count). The van der Waals surface area contributed by atoms with Crippen molar-refractivity contribution in [3.63, 3.8) is 0 Å². The summed E-state index contributed by atoms with van der Waals surface area (Å²) in [5, 5.41) is 0. The third kappa shape index (κ3) is 6.66. The quantitative estimate of drug-likeness (QED) is 0.464. The number of nitrogens with two attached hydrogens (primary N) is 1. The lowest BCUT2D eigenvalue weighted by Crippen LogP contribution is -1.99. The molecule has 0 amide bonds. The van der Waals surface area contributed by atoms with E-state index in [4.69, 9.17) is 5.73 Å². The average Bonchev–Trinajstić information content (AvgIpc) is 1.69. The summed E-state index contributed by atoms with van der Waals surface area (Å²) in [7, 11) is 3.54. The lowest BCUT2D eigenvalue weighted by Gasteiger charge is -1.90. The maximum Gasteiger partial charge on any atom is 0.0160 e. The zero-order valence-electron chi connectivity index (χ0n) is 4.22. The Morgan fingerprint density at radius 2 is 2.14 bits per heavy atom. The fourth-order valence-electron chi connectivity index (χ4n) is 0.166. The number of hydrogen-bond donors (Lipinski definition) is 1. The summed E-state index contributed by atoms with van der Waals surface area (Å²) in [5.74, 6) is 1.98. The molecule has 0 aliphatic rings. The standard InChI is InChI=1S/C4H10NS2/c1-2-6-7-4-3-5/h1-5H2. The van der Waals surface area contributed by atoms with Gasteiger partial charge in [-0.15, -0.1) is 0 Å². The van der Waals surface area contributed by atoms with Gasteiger partial charge in [-0.25, -0.2) is 0 Å². The van der Waals surface area contributed by atoms with E-state index in [9.17, 15) is 0 Å². The lowest BCUT2D eigenvalue weighted by atomic mass is 10.8. The molecule has 7 heavy (non-hydrogen) atoms. The molecule has 0 atom stereocenters. The van der Waals surface area contributed by atoms with Gasteiger partial charge in [-0.1, -0.05) is 21.6 Å². The summed E-state index contributed by atoms with van der Waals surface area (Å²) in [6.07, 6.45) is 0. The van der Waals surface area contributed by atoms with E-state index in [1.54, 1.807) is 21.6 Å². The van der Waals surface area contributed by atoms with Crippen molar-refractivity contribution in [1.29, 1.82) is 0 Å². The first-order valence-electron chi connectivity index (χ1n) is 2.15. The highest BCUT2D eigenvalue weighted by atomic mass is 33.1. The summed E-state index contributed by atoms with van der Waals surface area (Å²) in [5.41, 5.74) is 5.21. The molecule has 1 nitrogen and oxygen atoms in total. The molecule has 0 fully saturated rings. The Hall–Kier alpha value is 0.660. The Morgan fingerprint density at radius 1 is 1.43 bits per heavy atom. The van der Waals surface area contributed by atoms with E-state index in [-0.39, 0.29) is 0 Å². The Morgan fingerprint density at radius 3 is 2.57 bits per heavy atom. The minimum absolute atomic E-state index is 0.775. The molecule has 0 spiro atoms. The first-order valence-corrected chi connectivity index (χ1v) is 4.64. The normalized spacial score (nSPS) is 9.43. The number of rotatable bonds is 4. The molecular formula is C4H10NS2. The second kappa shape index (κ2) is 6.66. The van der Waals surface area contributed by atoms with Gasteiger partial charge in [0.25, 0.3) is 0 Å². The van der Waals surface area contributed by atoms with Crippen LogP contribution in [0, 0.1) is 6.92 Å². The van der Waals surface area contributed by atoms with Crippen LogP contribution in [0.4, 0.5) is 0 Å². The highest BCUT2D eigenvalue weighted by Gasteiger charge is 1.80. The Kier molecular flexibility index (Phi) is 7.29. The molecule has 0 aliphatic carbocycles. The lowest BCUT2D eigenvalue weighted by molar-refractivity contribution is 1.16. The highest BCUT2D eigenvalue weighted by Crippen LogP contribution is 2.18. The average molecular weight is 136 g/mol. The van der Waals surface area contributed by atoms with Crippen LogP contribution in [-0.4, -0.2) is 18.1 Å². The van der Waals surface area contributed by atoms with Crippen LogP contribution in [0.5, 0.6) is 0 Å². The smallest absolute Gasteiger partial charge is 0.0160 e. The van der Waals surface area contributed by atoms with Gasteiger partial charge < -0.3 is 5.73 Å². The van der Waals surface area contributed by atoms with Crippen LogP contribution in [0.2, 0.25) is 0 Å². The summed E-state index contributed by atoms with van der Waals surface area (Å²) in [6, 6.07) is 0. The minimum atomic E-state index is 0.775. The van der Waals surface area contributed by atoms with E-state index >= 15 is 0 Å². The van der Waals surface area contributed by atoms with Crippen molar-refractivity contribution in [2.45, 2.75) is 0 Å². The summed E-state index contributed by atoms with van der Waals surface area (Å²) < 4.78 is 0. The van der Waals surface area contributed by atoms with Crippen LogP contribution in [0.3, 0.4) is 0 Å². The van der Waals surface area contributed by atoms with Gasteiger partial charge in [0, 0.05) is 18.1 Å². The van der Waals surface area contributed by atoms with Gasteiger partial charge in [0.1, 0.15) is 0 Å². The van der Waals surface area contributed by atoms with Crippen molar-refractivity contribution in [2.75, 3.05) is 18.1 Å². The van der Waals surface area contributed by atoms with Crippen LogP contribution in [0.1, 0.15) is 0 Å². The number of hydrogen-bond acceptors (Lipinski definition) is 3. The molecule has 0 heterocycles. The van der Waals surface area contributed by atoms with Crippen LogP contribution in [-0.2, 0) is 0 Å². The fourth-order valence-corrected chi connectivity index (χ4v) is 1.49. The SMILES string of the molecule is [CH2]CSSCCN. The monoisotopic (exact) mass is 136 g/mol. The first kappa shape index (κ1) is 7.66. The molecule has 0 bridgehead atoms. The predicted molar refractivity (Wildman–Crippen MR) is 39.3 cm³/mol. The Balaban J connectivity index is 2.45. The van der Waals surface area contributed by atoms with Crippen molar-refractivity contribution in [3.8, 4) is 0 Å². The largest absolute Gasteiger partial charge is 0.330 e. The van der Waals surface area contributed by atoms with Crippen molar-refractivity contribution < 1.29 is 0 Å². The maximum absolute atomic E-state index is 5.21. The molecule has 2 N–H and O–H groups in total. The van der Waals surface area contributed by atoms with E-state index in [1.807, 2.05) is 0 Å². The second-order valence-corrected chi connectivity index (χ2v) is 3.63. The van der Waals surface area contributed by atoms with Gasteiger partial charge >= 0.3 is 0 Å². The molecule has 0 aromatic rings. The zero-order chi connectivity index (χ0) is 5.54. The van der Waals surface area contributed by atoms with Crippen molar-refractivity contribution in [3.05, 3.63) is 6.92 Å². The molecule has 3 heteroatoms. The fraction of sp³-hybridized carbons (Fsp3) is 0.750. The molecule has 0 unspecified atom stereocenters. The molecule has 0 aromatic carbocycles. The van der Waals surface area contributed by atoms with Crippen LogP contribution >= 0.6 is 21.6 Å². The zero-order valence-corrected chi connectivity index (χ0v) is 5.86. The summed E-state index contributed by atoms with van der Waals surface area (Å²) >= 11 is 0. The van der Waals surface area contributed by atoms with Crippen LogP contribution in [0.15, 0.2) is 0 Å². The predicted octanol–water partition coefficient (Wildman–Crippen LogP) is 1.16. The van der Waals surface area contributed by atoms with Crippen LogP contribution in [0.25, 0.3) is 0 Å². The Labute approximate surface area is 52.8 Å². The van der Waals surface area contributed by atoms with Crippen molar-refractivity contribution in [1.82, 2.24) is 0 Å². The molecule has 1 radical (unpaired) electrons. The van der Waals surface area contributed by atoms with Gasteiger partial charge in [-0.2, -0.15) is 0 Å². The van der Waals surface area contributed by atoms with E-state index in [0.717, 1.165) is 18.1 Å².